The smallest absolute Gasteiger partial charge is 0.240 e. The van der Waals surface area contributed by atoms with E-state index in [1.165, 1.54) is 30.5 Å². The number of hydrazone groups is 1. The van der Waals surface area contributed by atoms with E-state index in [0.717, 1.165) is 5.56 Å². The molecule has 7 heteroatoms. The van der Waals surface area contributed by atoms with Crippen molar-refractivity contribution < 1.29 is 14.0 Å². The Kier molecular flexibility index (Phi) is 6.65. The highest BCUT2D eigenvalue weighted by Crippen LogP contribution is 2.20. The third kappa shape index (κ3) is 6.35. The van der Waals surface area contributed by atoms with Gasteiger partial charge in [-0.2, -0.15) is 5.10 Å². The molecular formula is C18H17ClFN3O2. The number of carbonyl (C=O) groups is 2. The third-order valence-electron chi connectivity index (χ3n) is 3.31. The molecule has 0 heterocycles. The van der Waals surface area contributed by atoms with Crippen molar-refractivity contribution in [3.8, 4) is 0 Å². The van der Waals surface area contributed by atoms with Crippen molar-refractivity contribution in [3.63, 3.8) is 0 Å². The van der Waals surface area contributed by atoms with Crippen LogP contribution < -0.4 is 10.7 Å². The van der Waals surface area contributed by atoms with Gasteiger partial charge in [-0.05, 0) is 42.3 Å². The van der Waals surface area contributed by atoms with Crippen LogP contribution in [0, 0.1) is 12.7 Å². The summed E-state index contributed by atoms with van der Waals surface area (Å²) in [7, 11) is 0. The van der Waals surface area contributed by atoms with E-state index in [1.54, 1.807) is 18.2 Å². The zero-order chi connectivity index (χ0) is 18.2. The Morgan fingerprint density at radius 2 is 1.80 bits per heavy atom. The number of rotatable bonds is 6. The van der Waals surface area contributed by atoms with E-state index >= 15 is 0 Å². The second kappa shape index (κ2) is 8.94. The molecule has 0 aromatic heterocycles. The van der Waals surface area contributed by atoms with Crippen molar-refractivity contribution >= 4 is 35.3 Å². The predicted molar refractivity (Wildman–Crippen MR) is 96.2 cm³/mol. The first kappa shape index (κ1) is 18.6. The molecule has 130 valence electrons. The predicted octanol–water partition coefficient (Wildman–Crippen LogP) is 3.66. The summed E-state index contributed by atoms with van der Waals surface area (Å²) in [4.78, 5) is 23.5. The van der Waals surface area contributed by atoms with Gasteiger partial charge in [-0.1, -0.05) is 29.8 Å². The summed E-state index contributed by atoms with van der Waals surface area (Å²) in [5.74, 6) is -1.03. The minimum Gasteiger partial charge on any atom is -0.326 e. The first-order valence-electron chi connectivity index (χ1n) is 7.57. The molecule has 2 rings (SSSR count). The molecule has 0 unspecified atom stereocenters. The molecule has 0 aliphatic heterocycles. The summed E-state index contributed by atoms with van der Waals surface area (Å²) in [5, 5.41) is 6.99. The van der Waals surface area contributed by atoms with Crippen LogP contribution in [0.15, 0.2) is 47.6 Å². The average Bonchev–Trinajstić information content (AvgIpc) is 2.58. The first-order chi connectivity index (χ1) is 11.9. The van der Waals surface area contributed by atoms with Crippen molar-refractivity contribution in [1.82, 2.24) is 5.43 Å². The highest BCUT2D eigenvalue weighted by Gasteiger charge is 2.07. The van der Waals surface area contributed by atoms with Crippen LogP contribution in [0.1, 0.15) is 24.0 Å². The second-order valence-electron chi connectivity index (χ2n) is 5.36. The Balaban J connectivity index is 1.74. The number of anilines is 1. The monoisotopic (exact) mass is 361 g/mol. The third-order valence-corrected chi connectivity index (χ3v) is 3.71. The Morgan fingerprint density at radius 1 is 1.12 bits per heavy atom. The summed E-state index contributed by atoms with van der Waals surface area (Å²) in [5.41, 5.74) is 4.46. The molecule has 2 N–H and O–H groups in total. The molecule has 0 aliphatic carbocycles. The number of hydrogen-bond donors (Lipinski definition) is 2. The van der Waals surface area contributed by atoms with Crippen molar-refractivity contribution in [1.29, 1.82) is 0 Å². The summed E-state index contributed by atoms with van der Waals surface area (Å²) in [6.07, 6.45) is 1.40. The number of nitrogens with one attached hydrogen (secondary N) is 2. The lowest BCUT2D eigenvalue weighted by atomic mass is 10.2. The maximum Gasteiger partial charge on any atom is 0.240 e. The first-order valence-corrected chi connectivity index (χ1v) is 7.95. The molecule has 0 atom stereocenters. The van der Waals surface area contributed by atoms with Crippen LogP contribution in [0.4, 0.5) is 10.1 Å². The normalized spacial score (nSPS) is 10.7. The Bertz CT molecular complexity index is 791. The molecule has 2 aromatic carbocycles. The maximum atomic E-state index is 12.8. The quantitative estimate of drug-likeness (QED) is 0.609. The number of hydrogen-bond acceptors (Lipinski definition) is 3. The molecular weight excluding hydrogens is 345 g/mol. The summed E-state index contributed by atoms with van der Waals surface area (Å²) in [6, 6.07) is 10.9. The molecule has 0 bridgehead atoms. The molecule has 2 amide bonds. The van der Waals surface area contributed by atoms with Crippen molar-refractivity contribution in [2.45, 2.75) is 19.8 Å². The fraction of sp³-hybridized carbons (Fsp3) is 0.167. The molecule has 0 saturated carbocycles. The van der Waals surface area contributed by atoms with Crippen LogP contribution in [-0.2, 0) is 9.59 Å². The molecule has 0 spiro atoms. The van der Waals surface area contributed by atoms with Crippen LogP contribution in [-0.4, -0.2) is 18.0 Å². The van der Waals surface area contributed by atoms with Crippen molar-refractivity contribution in [2.24, 2.45) is 5.10 Å². The van der Waals surface area contributed by atoms with E-state index in [9.17, 15) is 14.0 Å². The minimum absolute atomic E-state index is 0.00775. The number of aryl methyl sites for hydroxylation is 1. The molecule has 0 aliphatic rings. The fourth-order valence-corrected chi connectivity index (χ4v) is 2.09. The van der Waals surface area contributed by atoms with E-state index in [1.807, 2.05) is 6.92 Å². The van der Waals surface area contributed by atoms with Gasteiger partial charge < -0.3 is 5.32 Å². The molecule has 0 fully saturated rings. The van der Waals surface area contributed by atoms with Gasteiger partial charge in [0.05, 0.1) is 6.21 Å². The zero-order valence-corrected chi connectivity index (χ0v) is 14.3. The van der Waals surface area contributed by atoms with Gasteiger partial charge in [0.2, 0.25) is 11.8 Å². The molecule has 0 radical (unpaired) electrons. The molecule has 25 heavy (non-hydrogen) atoms. The van der Waals surface area contributed by atoms with Gasteiger partial charge in [0.15, 0.2) is 0 Å². The lowest BCUT2D eigenvalue weighted by Gasteiger charge is -2.06. The number of halogens is 2. The van der Waals surface area contributed by atoms with Gasteiger partial charge in [-0.3, -0.25) is 9.59 Å². The van der Waals surface area contributed by atoms with Crippen molar-refractivity contribution in [2.75, 3.05) is 5.32 Å². The molecule has 0 saturated heterocycles. The SMILES string of the molecule is Cc1ccc(NC(=O)CCC(=O)NN=Cc2ccc(F)cc2)cc1Cl. The van der Waals surface area contributed by atoms with E-state index in [0.29, 0.717) is 16.3 Å². The van der Waals surface area contributed by atoms with Gasteiger partial charge in [0.1, 0.15) is 5.82 Å². The lowest BCUT2D eigenvalue weighted by molar-refractivity contribution is -0.124. The summed E-state index contributed by atoms with van der Waals surface area (Å²) >= 11 is 5.99. The van der Waals surface area contributed by atoms with Crippen LogP contribution in [0.3, 0.4) is 0 Å². The average molecular weight is 362 g/mol. The number of nitrogens with zero attached hydrogens (tertiary/aromatic N) is 1. The second-order valence-corrected chi connectivity index (χ2v) is 5.76. The van der Waals surface area contributed by atoms with E-state index in [4.69, 9.17) is 11.6 Å². The van der Waals surface area contributed by atoms with Crippen LogP contribution in [0.25, 0.3) is 0 Å². The largest absolute Gasteiger partial charge is 0.326 e. The van der Waals surface area contributed by atoms with Gasteiger partial charge in [-0.15, -0.1) is 0 Å². The topological polar surface area (TPSA) is 70.6 Å². The Hall–Kier alpha value is -2.73. The maximum absolute atomic E-state index is 12.8. The fourth-order valence-electron chi connectivity index (χ4n) is 1.90. The molecule has 5 nitrogen and oxygen atoms in total. The van der Waals surface area contributed by atoms with Gasteiger partial charge in [-0.25, -0.2) is 9.82 Å². The lowest BCUT2D eigenvalue weighted by Crippen LogP contribution is -2.20. The van der Waals surface area contributed by atoms with E-state index < -0.39 is 5.91 Å². The standard InChI is InChI=1S/C18H17ClFN3O2/c1-12-2-7-15(10-16(12)19)22-17(24)8-9-18(25)23-21-11-13-3-5-14(20)6-4-13/h2-7,10-11H,8-9H2,1H3,(H,22,24)(H,23,25). The molecule has 2 aromatic rings. The van der Waals surface area contributed by atoms with E-state index in [2.05, 4.69) is 15.8 Å². The minimum atomic E-state index is -0.393. The van der Waals surface area contributed by atoms with Gasteiger partial charge in [0.25, 0.3) is 0 Å². The van der Waals surface area contributed by atoms with Crippen molar-refractivity contribution in [3.05, 3.63) is 64.4 Å². The summed E-state index contributed by atoms with van der Waals surface area (Å²) in [6.45, 7) is 1.87. The zero-order valence-electron chi connectivity index (χ0n) is 13.6. The van der Waals surface area contributed by atoms with Crippen LogP contribution >= 0.6 is 11.6 Å². The summed E-state index contributed by atoms with van der Waals surface area (Å²) < 4.78 is 12.8. The van der Waals surface area contributed by atoms with Crippen LogP contribution in [0.2, 0.25) is 5.02 Å². The van der Waals surface area contributed by atoms with Gasteiger partial charge >= 0.3 is 0 Å². The number of benzene rings is 2. The van der Waals surface area contributed by atoms with Gasteiger partial charge in [0, 0.05) is 23.6 Å². The Morgan fingerprint density at radius 3 is 2.48 bits per heavy atom. The highest BCUT2D eigenvalue weighted by atomic mass is 35.5. The Labute approximate surface area is 149 Å². The van der Waals surface area contributed by atoms with E-state index in [-0.39, 0.29) is 24.6 Å². The number of amides is 2. The highest BCUT2D eigenvalue weighted by molar-refractivity contribution is 6.31. The number of carbonyl (C=O) groups excluding carboxylic acids is 2. The van der Waals surface area contributed by atoms with Crippen LogP contribution in [0.5, 0.6) is 0 Å².